The Morgan fingerprint density at radius 2 is 1.43 bits per heavy atom. The molecule has 3 heterocycles. The molecule has 1 N–H and O–H groups in total. The van der Waals surface area contributed by atoms with Gasteiger partial charge in [0.2, 0.25) is 0 Å². The SMILES string of the molecule is O=C(c1cc2ccccc2[nH]1)N1CCN(C(=O)c2cc3ccccc3o2)CC1. The van der Waals surface area contributed by atoms with Crippen molar-refractivity contribution in [2.45, 2.75) is 0 Å². The summed E-state index contributed by atoms with van der Waals surface area (Å²) in [5.74, 6) is 0.178. The lowest BCUT2D eigenvalue weighted by Crippen LogP contribution is -2.50. The van der Waals surface area contributed by atoms with Crippen LogP contribution in [0.5, 0.6) is 0 Å². The minimum atomic E-state index is -0.131. The summed E-state index contributed by atoms with van der Waals surface area (Å²) >= 11 is 0. The maximum atomic E-state index is 12.8. The maximum absolute atomic E-state index is 12.8. The van der Waals surface area contributed by atoms with Crippen LogP contribution in [0, 0.1) is 0 Å². The Bertz CT molecular complexity index is 1020. The third-order valence-electron chi connectivity index (χ3n) is 5.25. The molecule has 2 aromatic heterocycles. The molecule has 1 aliphatic heterocycles. The van der Waals surface area contributed by atoms with Crippen LogP contribution in [0.2, 0.25) is 0 Å². The lowest BCUT2D eigenvalue weighted by atomic mass is 10.2. The number of carbonyl (C=O) groups is 2. The molecule has 0 bridgehead atoms. The van der Waals surface area contributed by atoms with E-state index in [-0.39, 0.29) is 11.8 Å². The first-order valence-corrected chi connectivity index (χ1v) is 9.34. The molecule has 0 radical (unpaired) electrons. The van der Waals surface area contributed by atoms with Crippen LogP contribution < -0.4 is 0 Å². The van der Waals surface area contributed by atoms with Gasteiger partial charge in [0.25, 0.3) is 11.8 Å². The van der Waals surface area contributed by atoms with Crippen molar-refractivity contribution in [1.29, 1.82) is 0 Å². The van der Waals surface area contributed by atoms with Crippen LogP contribution in [0.4, 0.5) is 0 Å². The monoisotopic (exact) mass is 373 g/mol. The smallest absolute Gasteiger partial charge is 0.289 e. The number of carbonyl (C=O) groups excluding carboxylic acids is 2. The van der Waals surface area contributed by atoms with Crippen LogP contribution in [0.3, 0.4) is 0 Å². The highest BCUT2D eigenvalue weighted by Gasteiger charge is 2.27. The van der Waals surface area contributed by atoms with Gasteiger partial charge in [0.05, 0.1) is 0 Å². The second-order valence-corrected chi connectivity index (χ2v) is 7.00. The standard InChI is InChI=1S/C22H19N3O3/c26-21(18-13-15-5-1-3-7-17(15)23-18)24-9-11-25(12-10-24)22(27)20-14-16-6-2-4-8-19(16)28-20/h1-8,13-14,23H,9-12H2. The number of piperazine rings is 1. The first-order chi connectivity index (χ1) is 13.7. The van der Waals surface area contributed by atoms with E-state index in [9.17, 15) is 9.59 Å². The normalized spacial score (nSPS) is 14.7. The number of H-pyrrole nitrogens is 1. The molecule has 6 heteroatoms. The van der Waals surface area contributed by atoms with Gasteiger partial charge < -0.3 is 19.2 Å². The fourth-order valence-corrected chi connectivity index (χ4v) is 3.71. The molecule has 2 amide bonds. The van der Waals surface area contributed by atoms with E-state index < -0.39 is 0 Å². The van der Waals surface area contributed by atoms with Crippen LogP contribution in [0.1, 0.15) is 21.0 Å². The van der Waals surface area contributed by atoms with Crippen molar-refractivity contribution in [2.24, 2.45) is 0 Å². The highest BCUT2D eigenvalue weighted by molar-refractivity contribution is 5.99. The van der Waals surface area contributed by atoms with E-state index in [0.29, 0.717) is 43.2 Å². The summed E-state index contributed by atoms with van der Waals surface area (Å²) in [5, 5.41) is 1.93. The molecule has 1 fully saturated rings. The summed E-state index contributed by atoms with van der Waals surface area (Å²) in [6, 6.07) is 19.1. The first-order valence-electron chi connectivity index (χ1n) is 9.34. The Labute approximate surface area is 161 Å². The third-order valence-corrected chi connectivity index (χ3v) is 5.25. The molecule has 4 aromatic rings. The predicted molar refractivity (Wildman–Crippen MR) is 106 cm³/mol. The van der Waals surface area contributed by atoms with Gasteiger partial charge >= 0.3 is 0 Å². The van der Waals surface area contributed by atoms with Crippen LogP contribution in [-0.2, 0) is 0 Å². The van der Waals surface area contributed by atoms with Crippen molar-refractivity contribution >= 4 is 33.7 Å². The van der Waals surface area contributed by atoms with Crippen LogP contribution in [-0.4, -0.2) is 52.8 Å². The van der Waals surface area contributed by atoms with Crippen molar-refractivity contribution in [2.75, 3.05) is 26.2 Å². The molecule has 1 aliphatic rings. The number of hydrogen-bond donors (Lipinski definition) is 1. The Hall–Kier alpha value is -3.54. The molecule has 0 saturated carbocycles. The largest absolute Gasteiger partial charge is 0.451 e. The van der Waals surface area contributed by atoms with Crippen molar-refractivity contribution < 1.29 is 14.0 Å². The second-order valence-electron chi connectivity index (χ2n) is 7.00. The molecule has 0 atom stereocenters. The second kappa shape index (κ2) is 6.56. The van der Waals surface area contributed by atoms with Crippen molar-refractivity contribution in [3.8, 4) is 0 Å². The van der Waals surface area contributed by atoms with E-state index in [4.69, 9.17) is 4.42 Å². The summed E-state index contributed by atoms with van der Waals surface area (Å²) in [7, 11) is 0. The van der Waals surface area contributed by atoms with E-state index in [0.717, 1.165) is 16.3 Å². The topological polar surface area (TPSA) is 69.6 Å². The van der Waals surface area contributed by atoms with E-state index in [2.05, 4.69) is 4.98 Å². The Morgan fingerprint density at radius 1 is 0.786 bits per heavy atom. The number of amides is 2. The number of furan rings is 1. The van der Waals surface area contributed by atoms with Gasteiger partial charge in [0, 0.05) is 42.5 Å². The first kappa shape index (κ1) is 16.6. The number of nitrogens with zero attached hydrogens (tertiary/aromatic N) is 2. The number of rotatable bonds is 2. The molecule has 2 aromatic carbocycles. The number of aromatic amines is 1. The molecule has 1 saturated heterocycles. The maximum Gasteiger partial charge on any atom is 0.289 e. The number of hydrogen-bond acceptors (Lipinski definition) is 3. The van der Waals surface area contributed by atoms with E-state index in [1.54, 1.807) is 15.9 Å². The Morgan fingerprint density at radius 3 is 2.14 bits per heavy atom. The third kappa shape index (κ3) is 2.83. The summed E-state index contributed by atoms with van der Waals surface area (Å²) in [6.07, 6.45) is 0. The number of benzene rings is 2. The summed E-state index contributed by atoms with van der Waals surface area (Å²) < 4.78 is 5.68. The Kier molecular flexibility index (Phi) is 3.90. The highest BCUT2D eigenvalue weighted by Crippen LogP contribution is 2.21. The molecular formula is C22H19N3O3. The lowest BCUT2D eigenvalue weighted by molar-refractivity contribution is 0.0517. The van der Waals surface area contributed by atoms with Gasteiger partial charge in [-0.15, -0.1) is 0 Å². The summed E-state index contributed by atoms with van der Waals surface area (Å²) in [6.45, 7) is 1.98. The zero-order valence-electron chi connectivity index (χ0n) is 15.2. The molecule has 28 heavy (non-hydrogen) atoms. The predicted octanol–water partition coefficient (Wildman–Crippen LogP) is 3.51. The quantitative estimate of drug-likeness (QED) is 0.585. The van der Waals surface area contributed by atoms with Gasteiger partial charge in [-0.25, -0.2) is 0 Å². The van der Waals surface area contributed by atoms with E-state index in [1.165, 1.54) is 0 Å². The number of fused-ring (bicyclic) bond motifs is 2. The molecule has 0 unspecified atom stereocenters. The molecular weight excluding hydrogens is 354 g/mol. The van der Waals surface area contributed by atoms with Crippen molar-refractivity contribution in [3.05, 3.63) is 72.1 Å². The average Bonchev–Trinajstić information content (AvgIpc) is 3.37. The highest BCUT2D eigenvalue weighted by atomic mass is 16.3. The van der Waals surface area contributed by atoms with Gasteiger partial charge in [-0.1, -0.05) is 36.4 Å². The molecule has 5 rings (SSSR count). The van der Waals surface area contributed by atoms with E-state index in [1.807, 2.05) is 54.6 Å². The summed E-state index contributed by atoms with van der Waals surface area (Å²) in [4.78, 5) is 32.3. The molecule has 0 spiro atoms. The zero-order chi connectivity index (χ0) is 19.1. The van der Waals surface area contributed by atoms with Gasteiger partial charge in [0.1, 0.15) is 11.3 Å². The van der Waals surface area contributed by atoms with Crippen molar-refractivity contribution in [3.63, 3.8) is 0 Å². The van der Waals surface area contributed by atoms with Crippen LogP contribution in [0.15, 0.2) is 65.1 Å². The molecule has 6 nitrogen and oxygen atoms in total. The molecule has 140 valence electrons. The number of aromatic nitrogens is 1. The summed E-state index contributed by atoms with van der Waals surface area (Å²) in [5.41, 5.74) is 2.24. The molecule has 0 aliphatic carbocycles. The van der Waals surface area contributed by atoms with Gasteiger partial charge in [-0.2, -0.15) is 0 Å². The number of para-hydroxylation sites is 2. The fourth-order valence-electron chi connectivity index (χ4n) is 3.71. The minimum absolute atomic E-state index is 0.0352. The van der Waals surface area contributed by atoms with Crippen LogP contribution in [0.25, 0.3) is 21.9 Å². The van der Waals surface area contributed by atoms with Gasteiger partial charge in [-0.05, 0) is 24.3 Å². The zero-order valence-corrected chi connectivity index (χ0v) is 15.2. The number of nitrogens with one attached hydrogen (secondary N) is 1. The Balaban J connectivity index is 1.27. The van der Waals surface area contributed by atoms with Gasteiger partial charge in [-0.3, -0.25) is 9.59 Å². The van der Waals surface area contributed by atoms with Gasteiger partial charge in [0.15, 0.2) is 5.76 Å². The average molecular weight is 373 g/mol. The lowest BCUT2D eigenvalue weighted by Gasteiger charge is -2.34. The minimum Gasteiger partial charge on any atom is -0.451 e. The fraction of sp³-hybridized carbons (Fsp3) is 0.182. The van der Waals surface area contributed by atoms with Crippen LogP contribution >= 0.6 is 0 Å². The van der Waals surface area contributed by atoms with Crippen molar-refractivity contribution in [1.82, 2.24) is 14.8 Å². The van der Waals surface area contributed by atoms with E-state index >= 15 is 0 Å².